The van der Waals surface area contributed by atoms with Crippen LogP contribution in [0.5, 0.6) is 0 Å². The normalized spacial score (nSPS) is 12.6. The van der Waals surface area contributed by atoms with Crippen LogP contribution in [0.25, 0.3) is 10.9 Å². The van der Waals surface area contributed by atoms with Crippen molar-refractivity contribution >= 4 is 28.2 Å². The maximum absolute atomic E-state index is 5.97. The van der Waals surface area contributed by atoms with Gasteiger partial charge < -0.3 is 11.1 Å². The summed E-state index contributed by atoms with van der Waals surface area (Å²) in [5, 5.41) is 5.31. The van der Waals surface area contributed by atoms with E-state index in [0.717, 1.165) is 36.0 Å². The van der Waals surface area contributed by atoms with Crippen molar-refractivity contribution in [3.05, 3.63) is 35.5 Å². The first-order valence-electron chi connectivity index (χ1n) is 6.21. The van der Waals surface area contributed by atoms with Crippen LogP contribution in [-0.4, -0.2) is 17.6 Å². The summed E-state index contributed by atoms with van der Waals surface area (Å²) in [6.07, 6.45) is 3.90. The quantitative estimate of drug-likeness (QED) is 0.869. The van der Waals surface area contributed by atoms with Crippen LogP contribution in [0, 0.1) is 0 Å². The second-order valence-corrected chi connectivity index (χ2v) is 4.93. The van der Waals surface area contributed by atoms with Crippen LogP contribution >= 0.6 is 11.6 Å². The molecule has 1 aromatic heterocycles. The molecule has 1 heterocycles. The van der Waals surface area contributed by atoms with Crippen molar-refractivity contribution < 1.29 is 0 Å². The first kappa shape index (κ1) is 13.1. The van der Waals surface area contributed by atoms with Gasteiger partial charge in [-0.2, -0.15) is 0 Å². The van der Waals surface area contributed by atoms with Gasteiger partial charge in [0.05, 0.1) is 5.52 Å². The van der Waals surface area contributed by atoms with Crippen molar-refractivity contribution in [1.82, 2.24) is 4.98 Å². The number of benzene rings is 1. The molecule has 0 saturated heterocycles. The van der Waals surface area contributed by atoms with Gasteiger partial charge in [-0.1, -0.05) is 11.6 Å². The smallest absolute Gasteiger partial charge is 0.0737 e. The third-order valence-electron chi connectivity index (χ3n) is 2.95. The van der Waals surface area contributed by atoms with E-state index in [1.54, 1.807) is 6.20 Å². The molecule has 0 unspecified atom stereocenters. The zero-order valence-electron chi connectivity index (χ0n) is 10.5. The number of nitrogens with two attached hydrogens (primary N) is 1. The molecule has 96 valence electrons. The molecule has 4 heteroatoms. The molecule has 0 saturated carbocycles. The third kappa shape index (κ3) is 3.12. The predicted octanol–water partition coefficient (Wildman–Crippen LogP) is 3.43. The van der Waals surface area contributed by atoms with Crippen LogP contribution < -0.4 is 11.1 Å². The van der Waals surface area contributed by atoms with Crippen LogP contribution in [0.4, 0.5) is 5.69 Å². The van der Waals surface area contributed by atoms with E-state index >= 15 is 0 Å². The van der Waals surface area contributed by atoms with E-state index in [2.05, 4.69) is 17.2 Å². The Hall–Kier alpha value is -1.32. The lowest BCUT2D eigenvalue weighted by Gasteiger charge is -2.16. The molecule has 0 amide bonds. The Balaban J connectivity index is 2.22. The minimum atomic E-state index is 0.398. The Bertz CT molecular complexity index is 527. The van der Waals surface area contributed by atoms with Crippen molar-refractivity contribution in [3.8, 4) is 0 Å². The number of anilines is 1. The zero-order valence-corrected chi connectivity index (χ0v) is 11.2. The van der Waals surface area contributed by atoms with Gasteiger partial charge in [-0.3, -0.25) is 4.98 Å². The van der Waals surface area contributed by atoms with Gasteiger partial charge in [0.25, 0.3) is 0 Å². The third-order valence-corrected chi connectivity index (χ3v) is 3.18. The van der Waals surface area contributed by atoms with E-state index in [4.69, 9.17) is 17.3 Å². The Morgan fingerprint density at radius 1 is 1.39 bits per heavy atom. The van der Waals surface area contributed by atoms with E-state index in [1.165, 1.54) is 0 Å². The molecule has 18 heavy (non-hydrogen) atoms. The lowest BCUT2D eigenvalue weighted by Crippen LogP contribution is -2.16. The number of pyridine rings is 1. The first-order valence-corrected chi connectivity index (χ1v) is 6.59. The van der Waals surface area contributed by atoms with Gasteiger partial charge in [0.15, 0.2) is 0 Å². The van der Waals surface area contributed by atoms with E-state index in [9.17, 15) is 0 Å². The average Bonchev–Trinajstić information content (AvgIpc) is 2.36. The van der Waals surface area contributed by atoms with Crippen LogP contribution in [-0.2, 0) is 0 Å². The maximum Gasteiger partial charge on any atom is 0.0737 e. The van der Waals surface area contributed by atoms with Gasteiger partial charge >= 0.3 is 0 Å². The van der Waals surface area contributed by atoms with Gasteiger partial charge in [-0.25, -0.2) is 0 Å². The molecule has 0 spiro atoms. The molecular formula is C14H18ClN3. The van der Waals surface area contributed by atoms with Crippen LogP contribution in [0.3, 0.4) is 0 Å². The highest BCUT2D eigenvalue weighted by Crippen LogP contribution is 2.25. The Kier molecular flexibility index (Phi) is 4.39. The molecule has 0 aliphatic rings. The van der Waals surface area contributed by atoms with E-state index in [1.807, 2.05) is 24.3 Å². The Labute approximate surface area is 112 Å². The summed E-state index contributed by atoms with van der Waals surface area (Å²) in [7, 11) is 0. The van der Waals surface area contributed by atoms with Crippen molar-refractivity contribution in [3.63, 3.8) is 0 Å². The number of nitrogens with one attached hydrogen (secondary N) is 1. The molecular weight excluding hydrogens is 246 g/mol. The van der Waals surface area contributed by atoms with Crippen molar-refractivity contribution in [2.24, 2.45) is 5.73 Å². The van der Waals surface area contributed by atoms with E-state index in [-0.39, 0.29) is 0 Å². The monoisotopic (exact) mass is 263 g/mol. The van der Waals surface area contributed by atoms with E-state index in [0.29, 0.717) is 11.1 Å². The minimum absolute atomic E-state index is 0.398. The molecule has 0 bridgehead atoms. The highest BCUT2D eigenvalue weighted by Gasteiger charge is 2.06. The average molecular weight is 264 g/mol. The number of rotatable bonds is 5. The summed E-state index contributed by atoms with van der Waals surface area (Å²) in [5.74, 6) is 0. The predicted molar refractivity (Wildman–Crippen MR) is 78.1 cm³/mol. The number of hydrogen-bond acceptors (Lipinski definition) is 3. The van der Waals surface area contributed by atoms with Crippen molar-refractivity contribution in [1.29, 1.82) is 0 Å². The fourth-order valence-corrected chi connectivity index (χ4v) is 2.18. The maximum atomic E-state index is 5.97. The standard InChI is InChI=1S/C14H18ClN3/c1-10(3-2-7-16)18-13-6-8-17-14-9-11(15)4-5-12(13)14/h4-6,8-10H,2-3,7,16H2,1H3,(H,17,18)/t10-/m1/s1. The van der Waals surface area contributed by atoms with Crippen LogP contribution in [0.15, 0.2) is 30.5 Å². The first-order chi connectivity index (χ1) is 8.70. The van der Waals surface area contributed by atoms with Gasteiger partial charge in [0.2, 0.25) is 0 Å². The summed E-state index contributed by atoms with van der Waals surface area (Å²) < 4.78 is 0. The molecule has 2 rings (SSSR count). The number of fused-ring (bicyclic) bond motifs is 1. The Morgan fingerprint density at radius 2 is 2.22 bits per heavy atom. The zero-order chi connectivity index (χ0) is 13.0. The highest BCUT2D eigenvalue weighted by molar-refractivity contribution is 6.31. The highest BCUT2D eigenvalue weighted by atomic mass is 35.5. The molecule has 0 fully saturated rings. The van der Waals surface area contributed by atoms with Crippen LogP contribution in [0.2, 0.25) is 5.02 Å². The van der Waals surface area contributed by atoms with Gasteiger partial charge in [0, 0.05) is 28.3 Å². The molecule has 2 aromatic rings. The van der Waals surface area contributed by atoms with Gasteiger partial charge in [0.1, 0.15) is 0 Å². The SMILES string of the molecule is C[C@H](CCCN)Nc1ccnc2cc(Cl)ccc12. The number of aromatic nitrogens is 1. The molecule has 1 aromatic carbocycles. The van der Waals surface area contributed by atoms with Crippen molar-refractivity contribution in [2.75, 3.05) is 11.9 Å². The topological polar surface area (TPSA) is 50.9 Å². The summed E-state index contributed by atoms with van der Waals surface area (Å²) in [4.78, 5) is 4.33. The fourth-order valence-electron chi connectivity index (χ4n) is 2.01. The molecule has 3 N–H and O–H groups in total. The molecule has 0 radical (unpaired) electrons. The van der Waals surface area contributed by atoms with Crippen molar-refractivity contribution in [2.45, 2.75) is 25.8 Å². The van der Waals surface area contributed by atoms with Crippen LogP contribution in [0.1, 0.15) is 19.8 Å². The summed E-state index contributed by atoms with van der Waals surface area (Å²) in [6, 6.07) is 8.17. The Morgan fingerprint density at radius 3 is 3.00 bits per heavy atom. The largest absolute Gasteiger partial charge is 0.382 e. The summed E-state index contributed by atoms with van der Waals surface area (Å²) >= 11 is 5.97. The second kappa shape index (κ2) is 6.03. The summed E-state index contributed by atoms with van der Waals surface area (Å²) in [6.45, 7) is 2.90. The van der Waals surface area contributed by atoms with E-state index < -0.39 is 0 Å². The minimum Gasteiger partial charge on any atom is -0.382 e. The van der Waals surface area contributed by atoms with Gasteiger partial charge in [-0.05, 0) is 50.6 Å². The number of halogens is 1. The lowest BCUT2D eigenvalue weighted by atomic mass is 10.1. The molecule has 1 atom stereocenters. The second-order valence-electron chi connectivity index (χ2n) is 4.50. The van der Waals surface area contributed by atoms with Gasteiger partial charge in [-0.15, -0.1) is 0 Å². The summed E-state index contributed by atoms with van der Waals surface area (Å²) in [5.41, 5.74) is 7.54. The lowest BCUT2D eigenvalue weighted by molar-refractivity contribution is 0.663. The molecule has 0 aliphatic heterocycles. The fraction of sp³-hybridized carbons (Fsp3) is 0.357. The number of hydrogen-bond donors (Lipinski definition) is 2. The number of nitrogens with zero attached hydrogens (tertiary/aromatic N) is 1. The molecule has 3 nitrogen and oxygen atoms in total. The molecule has 0 aliphatic carbocycles.